The van der Waals surface area contributed by atoms with E-state index in [-0.39, 0.29) is 6.03 Å². The number of anilines is 1. The molecule has 1 fully saturated rings. The normalized spacial score (nSPS) is 23.6. The van der Waals surface area contributed by atoms with E-state index in [9.17, 15) is 4.79 Å². The van der Waals surface area contributed by atoms with Gasteiger partial charge in [0.1, 0.15) is 0 Å². The zero-order chi connectivity index (χ0) is 14.1. The first kappa shape index (κ1) is 13.5. The van der Waals surface area contributed by atoms with Crippen LogP contribution in [-0.4, -0.2) is 30.6 Å². The van der Waals surface area contributed by atoms with Crippen LogP contribution in [0.3, 0.4) is 0 Å². The number of fused-ring (bicyclic) bond motifs is 1. The van der Waals surface area contributed by atoms with Crippen LogP contribution in [0.15, 0.2) is 24.3 Å². The molecule has 0 bridgehead atoms. The lowest BCUT2D eigenvalue weighted by molar-refractivity contribution is 0.178. The predicted molar refractivity (Wildman–Crippen MR) is 82.0 cm³/mol. The Hall–Kier alpha value is -1.51. The minimum absolute atomic E-state index is 0.205. The first-order chi connectivity index (χ1) is 9.65. The van der Waals surface area contributed by atoms with Crippen LogP contribution in [0.4, 0.5) is 10.5 Å². The van der Waals surface area contributed by atoms with Crippen molar-refractivity contribution in [3.8, 4) is 0 Å². The van der Waals surface area contributed by atoms with E-state index in [1.807, 2.05) is 15.9 Å². The van der Waals surface area contributed by atoms with E-state index in [0.717, 1.165) is 50.5 Å². The third kappa shape index (κ3) is 2.54. The Morgan fingerprint density at radius 1 is 1.10 bits per heavy atom. The van der Waals surface area contributed by atoms with Gasteiger partial charge >= 0.3 is 6.03 Å². The van der Waals surface area contributed by atoms with E-state index in [0.29, 0.717) is 5.92 Å². The second kappa shape index (κ2) is 5.47. The molecule has 1 saturated heterocycles. The van der Waals surface area contributed by atoms with Crippen LogP contribution >= 0.6 is 0 Å². The molecule has 3 nitrogen and oxygen atoms in total. The van der Waals surface area contributed by atoms with Crippen molar-refractivity contribution < 1.29 is 4.79 Å². The van der Waals surface area contributed by atoms with Crippen LogP contribution in [0.25, 0.3) is 0 Å². The molecule has 2 aliphatic heterocycles. The summed E-state index contributed by atoms with van der Waals surface area (Å²) in [5, 5.41) is 0. The van der Waals surface area contributed by atoms with E-state index >= 15 is 0 Å². The number of piperidine rings is 1. The van der Waals surface area contributed by atoms with Crippen molar-refractivity contribution in [2.24, 2.45) is 11.8 Å². The molecule has 1 unspecified atom stereocenters. The van der Waals surface area contributed by atoms with Crippen LogP contribution in [0.2, 0.25) is 0 Å². The quantitative estimate of drug-likeness (QED) is 0.708. The maximum atomic E-state index is 12.8. The van der Waals surface area contributed by atoms with Crippen molar-refractivity contribution in [2.75, 3.05) is 24.5 Å². The van der Waals surface area contributed by atoms with Gasteiger partial charge in [-0.05, 0) is 42.7 Å². The number of amides is 2. The molecule has 1 aromatic rings. The Morgan fingerprint density at radius 3 is 2.55 bits per heavy atom. The number of hydrogen-bond acceptors (Lipinski definition) is 1. The Kier molecular flexibility index (Phi) is 3.68. The molecule has 2 heterocycles. The number of carbonyl (C=O) groups excluding carboxylic acids is 1. The molecule has 0 radical (unpaired) electrons. The van der Waals surface area contributed by atoms with Gasteiger partial charge in [0.25, 0.3) is 0 Å². The molecule has 0 aromatic heterocycles. The standard InChI is InChI=1S/C17H24N2O/c1-13-7-9-18(10-8-13)17(20)19-12-14(2)11-15-5-3-4-6-16(15)19/h3-6,13-14H,7-12H2,1-2H3. The zero-order valence-electron chi connectivity index (χ0n) is 12.5. The monoisotopic (exact) mass is 272 g/mol. The van der Waals surface area contributed by atoms with Crippen molar-refractivity contribution >= 4 is 11.7 Å². The second-order valence-electron chi connectivity index (χ2n) is 6.50. The third-order valence-corrected chi connectivity index (χ3v) is 4.63. The van der Waals surface area contributed by atoms with Crippen molar-refractivity contribution in [3.05, 3.63) is 29.8 Å². The largest absolute Gasteiger partial charge is 0.324 e. The number of urea groups is 1. The van der Waals surface area contributed by atoms with Gasteiger partial charge in [0.2, 0.25) is 0 Å². The molecule has 0 N–H and O–H groups in total. The Morgan fingerprint density at radius 2 is 1.80 bits per heavy atom. The molecule has 20 heavy (non-hydrogen) atoms. The zero-order valence-corrected chi connectivity index (χ0v) is 12.5. The van der Waals surface area contributed by atoms with E-state index in [1.165, 1.54) is 5.56 Å². The maximum absolute atomic E-state index is 12.8. The molecule has 108 valence electrons. The number of benzene rings is 1. The average Bonchev–Trinajstić information content (AvgIpc) is 2.46. The minimum atomic E-state index is 0.205. The van der Waals surface area contributed by atoms with Gasteiger partial charge in [-0.1, -0.05) is 32.0 Å². The summed E-state index contributed by atoms with van der Waals surface area (Å²) in [6, 6.07) is 8.56. The molecule has 3 rings (SSSR count). The summed E-state index contributed by atoms with van der Waals surface area (Å²) in [4.78, 5) is 16.9. The Labute approximate surface area is 121 Å². The highest BCUT2D eigenvalue weighted by atomic mass is 16.2. The fourth-order valence-corrected chi connectivity index (χ4v) is 3.35. The van der Waals surface area contributed by atoms with Crippen LogP contribution in [-0.2, 0) is 6.42 Å². The van der Waals surface area contributed by atoms with Gasteiger partial charge in [0, 0.05) is 25.3 Å². The lowest BCUT2D eigenvalue weighted by Crippen LogP contribution is -2.49. The highest BCUT2D eigenvalue weighted by molar-refractivity contribution is 5.93. The summed E-state index contributed by atoms with van der Waals surface area (Å²) in [5.74, 6) is 1.30. The van der Waals surface area contributed by atoms with Crippen molar-refractivity contribution in [3.63, 3.8) is 0 Å². The lowest BCUT2D eigenvalue weighted by Gasteiger charge is -2.39. The van der Waals surface area contributed by atoms with Gasteiger partial charge in [-0.3, -0.25) is 4.90 Å². The average molecular weight is 272 g/mol. The van der Waals surface area contributed by atoms with Crippen molar-refractivity contribution in [2.45, 2.75) is 33.1 Å². The third-order valence-electron chi connectivity index (χ3n) is 4.63. The van der Waals surface area contributed by atoms with Crippen LogP contribution < -0.4 is 4.90 Å². The topological polar surface area (TPSA) is 23.6 Å². The summed E-state index contributed by atoms with van der Waals surface area (Å²) in [6.45, 7) is 7.18. The molecule has 2 aliphatic rings. The number of nitrogens with zero attached hydrogens (tertiary/aromatic N) is 2. The summed E-state index contributed by atoms with van der Waals surface area (Å²) < 4.78 is 0. The summed E-state index contributed by atoms with van der Waals surface area (Å²) in [6.07, 6.45) is 3.35. The minimum Gasteiger partial charge on any atom is -0.324 e. The van der Waals surface area contributed by atoms with Gasteiger partial charge in [-0.2, -0.15) is 0 Å². The van der Waals surface area contributed by atoms with Crippen LogP contribution in [0.5, 0.6) is 0 Å². The van der Waals surface area contributed by atoms with Gasteiger partial charge in [-0.25, -0.2) is 4.79 Å². The first-order valence-corrected chi connectivity index (χ1v) is 7.79. The molecular weight excluding hydrogens is 248 g/mol. The number of para-hydroxylation sites is 1. The number of carbonyl (C=O) groups is 1. The summed E-state index contributed by atoms with van der Waals surface area (Å²) in [5.41, 5.74) is 2.43. The van der Waals surface area contributed by atoms with E-state index in [2.05, 4.69) is 32.0 Å². The van der Waals surface area contributed by atoms with E-state index < -0.39 is 0 Å². The molecule has 2 amide bonds. The maximum Gasteiger partial charge on any atom is 0.324 e. The second-order valence-corrected chi connectivity index (χ2v) is 6.50. The molecule has 3 heteroatoms. The fraction of sp³-hybridized carbons (Fsp3) is 0.588. The molecule has 1 atom stereocenters. The van der Waals surface area contributed by atoms with E-state index in [1.54, 1.807) is 0 Å². The lowest BCUT2D eigenvalue weighted by atomic mass is 9.94. The van der Waals surface area contributed by atoms with Crippen molar-refractivity contribution in [1.29, 1.82) is 0 Å². The fourth-order valence-electron chi connectivity index (χ4n) is 3.35. The van der Waals surface area contributed by atoms with Gasteiger partial charge < -0.3 is 4.90 Å². The molecule has 0 saturated carbocycles. The molecular formula is C17H24N2O. The van der Waals surface area contributed by atoms with Crippen LogP contribution in [0, 0.1) is 11.8 Å². The Bertz CT molecular complexity index is 492. The van der Waals surface area contributed by atoms with E-state index in [4.69, 9.17) is 0 Å². The first-order valence-electron chi connectivity index (χ1n) is 7.79. The SMILES string of the molecule is CC1CCN(C(=O)N2CC(C)Cc3ccccc32)CC1. The Balaban J connectivity index is 1.81. The summed E-state index contributed by atoms with van der Waals surface area (Å²) in [7, 11) is 0. The molecule has 0 spiro atoms. The van der Waals surface area contributed by atoms with Gasteiger partial charge in [0.15, 0.2) is 0 Å². The highest BCUT2D eigenvalue weighted by Gasteiger charge is 2.30. The van der Waals surface area contributed by atoms with Gasteiger partial charge in [-0.15, -0.1) is 0 Å². The van der Waals surface area contributed by atoms with Crippen LogP contribution in [0.1, 0.15) is 32.3 Å². The van der Waals surface area contributed by atoms with Crippen molar-refractivity contribution in [1.82, 2.24) is 4.90 Å². The predicted octanol–water partition coefficient (Wildman–Crippen LogP) is 3.54. The smallest absolute Gasteiger partial charge is 0.324 e. The molecule has 1 aromatic carbocycles. The number of likely N-dealkylation sites (tertiary alicyclic amines) is 1. The van der Waals surface area contributed by atoms with Gasteiger partial charge in [0.05, 0.1) is 0 Å². The summed E-state index contributed by atoms with van der Waals surface area (Å²) >= 11 is 0. The molecule has 0 aliphatic carbocycles. The number of hydrogen-bond donors (Lipinski definition) is 0. The number of rotatable bonds is 0. The highest BCUT2D eigenvalue weighted by Crippen LogP contribution is 2.31.